The highest BCUT2D eigenvalue weighted by Crippen LogP contribution is 2.35. The van der Waals surface area contributed by atoms with E-state index in [2.05, 4.69) is 71.2 Å². The van der Waals surface area contributed by atoms with Gasteiger partial charge >= 0.3 is 0 Å². The molecule has 1 heterocycles. The summed E-state index contributed by atoms with van der Waals surface area (Å²) in [5.74, 6) is 3.75. The second-order valence-corrected chi connectivity index (χ2v) is 11.6. The fourth-order valence-electron chi connectivity index (χ4n) is 0.912. The van der Waals surface area contributed by atoms with Crippen molar-refractivity contribution in [2.45, 2.75) is 45.8 Å². The first-order valence-corrected chi connectivity index (χ1v) is 9.45. The van der Waals surface area contributed by atoms with Gasteiger partial charge in [-0.1, -0.05) is 33.9 Å². The molecule has 0 aliphatic heterocycles. The maximum Gasteiger partial charge on any atom is 0.204 e. The number of aromatic nitrogens is 2. The third kappa shape index (κ3) is 3.65. The SMILES string of the molecule is Cc1nc(C#C[Si](C)(C)C(C)(C)C)ncc1Br. The molecule has 0 aromatic carbocycles. The van der Waals surface area contributed by atoms with Crippen molar-refractivity contribution in [3.8, 4) is 11.5 Å². The zero-order valence-electron chi connectivity index (χ0n) is 11.3. The first-order valence-electron chi connectivity index (χ1n) is 5.66. The summed E-state index contributed by atoms with van der Waals surface area (Å²) in [6.45, 7) is 13.3. The normalized spacial score (nSPS) is 11.9. The lowest BCUT2D eigenvalue weighted by Crippen LogP contribution is -2.35. The topological polar surface area (TPSA) is 25.8 Å². The Hall–Kier alpha value is -0.663. The molecular formula is C13H19BrN2Si. The lowest BCUT2D eigenvalue weighted by atomic mass is 10.2. The maximum absolute atomic E-state index is 4.35. The largest absolute Gasteiger partial charge is 0.228 e. The van der Waals surface area contributed by atoms with Crippen molar-refractivity contribution >= 4 is 24.0 Å². The summed E-state index contributed by atoms with van der Waals surface area (Å²) in [6.07, 6.45) is 1.76. The van der Waals surface area contributed by atoms with Crippen molar-refractivity contribution in [3.05, 3.63) is 22.2 Å². The van der Waals surface area contributed by atoms with Crippen molar-refractivity contribution in [2.75, 3.05) is 0 Å². The lowest BCUT2D eigenvalue weighted by Gasteiger charge is -2.31. The predicted molar refractivity (Wildman–Crippen MR) is 78.5 cm³/mol. The van der Waals surface area contributed by atoms with Crippen molar-refractivity contribution in [1.29, 1.82) is 0 Å². The van der Waals surface area contributed by atoms with Gasteiger partial charge in [0.1, 0.15) is 8.07 Å². The number of hydrogen-bond acceptors (Lipinski definition) is 2. The predicted octanol–water partition coefficient (Wildman–Crippen LogP) is 3.95. The van der Waals surface area contributed by atoms with Gasteiger partial charge in [0.05, 0.1) is 10.2 Å². The Labute approximate surface area is 113 Å². The average molecular weight is 311 g/mol. The summed E-state index contributed by atoms with van der Waals surface area (Å²) in [5.41, 5.74) is 4.34. The molecule has 2 nitrogen and oxygen atoms in total. The van der Waals surface area contributed by atoms with E-state index >= 15 is 0 Å². The van der Waals surface area contributed by atoms with Gasteiger partial charge in [0.15, 0.2) is 0 Å². The zero-order valence-corrected chi connectivity index (χ0v) is 13.9. The van der Waals surface area contributed by atoms with E-state index < -0.39 is 8.07 Å². The summed E-state index contributed by atoms with van der Waals surface area (Å²) in [7, 11) is -1.57. The summed E-state index contributed by atoms with van der Waals surface area (Å²) < 4.78 is 0.926. The molecule has 0 amide bonds. The molecule has 4 heteroatoms. The maximum atomic E-state index is 4.35. The first-order chi connectivity index (χ1) is 7.63. The smallest absolute Gasteiger partial charge is 0.204 e. The minimum Gasteiger partial charge on any atom is -0.228 e. The van der Waals surface area contributed by atoms with Crippen LogP contribution in [0.1, 0.15) is 32.3 Å². The minimum atomic E-state index is -1.57. The Kier molecular flexibility index (Phi) is 4.16. The van der Waals surface area contributed by atoms with Crippen molar-refractivity contribution in [2.24, 2.45) is 0 Å². The number of rotatable bonds is 0. The minimum absolute atomic E-state index is 0.268. The van der Waals surface area contributed by atoms with Gasteiger partial charge in [-0.3, -0.25) is 0 Å². The third-order valence-corrected chi connectivity index (χ3v) is 8.56. The summed E-state index contributed by atoms with van der Waals surface area (Å²) >= 11 is 3.39. The fraction of sp³-hybridized carbons (Fsp3) is 0.538. The van der Waals surface area contributed by atoms with E-state index in [1.165, 1.54) is 0 Å². The number of hydrogen-bond donors (Lipinski definition) is 0. The van der Waals surface area contributed by atoms with Crippen LogP contribution in [0.5, 0.6) is 0 Å². The van der Waals surface area contributed by atoms with Crippen LogP contribution >= 0.6 is 15.9 Å². The highest BCUT2D eigenvalue weighted by Gasteiger charge is 2.33. The number of halogens is 1. The quantitative estimate of drug-likeness (QED) is 0.535. The molecule has 1 rings (SSSR count). The molecule has 0 bridgehead atoms. The van der Waals surface area contributed by atoms with Crippen molar-refractivity contribution in [1.82, 2.24) is 9.97 Å². The van der Waals surface area contributed by atoms with Crippen LogP contribution in [0.3, 0.4) is 0 Å². The highest BCUT2D eigenvalue weighted by atomic mass is 79.9. The molecule has 92 valence electrons. The molecule has 0 aliphatic rings. The second kappa shape index (κ2) is 4.91. The molecule has 0 radical (unpaired) electrons. The van der Waals surface area contributed by atoms with E-state index in [1.807, 2.05) is 6.92 Å². The fourth-order valence-corrected chi connectivity index (χ4v) is 1.90. The van der Waals surface area contributed by atoms with Crippen molar-refractivity contribution in [3.63, 3.8) is 0 Å². The Morgan fingerprint density at radius 1 is 1.29 bits per heavy atom. The molecule has 0 fully saturated rings. The van der Waals surface area contributed by atoms with Crippen LogP contribution in [-0.4, -0.2) is 18.0 Å². The molecule has 17 heavy (non-hydrogen) atoms. The van der Waals surface area contributed by atoms with Gasteiger partial charge in [0, 0.05) is 6.20 Å². The van der Waals surface area contributed by atoms with Gasteiger partial charge < -0.3 is 0 Å². The van der Waals surface area contributed by atoms with Gasteiger partial charge in [-0.15, -0.1) is 5.54 Å². The van der Waals surface area contributed by atoms with E-state index in [1.54, 1.807) is 6.20 Å². The van der Waals surface area contributed by atoms with Gasteiger partial charge in [-0.25, -0.2) is 9.97 Å². The van der Waals surface area contributed by atoms with E-state index in [4.69, 9.17) is 0 Å². The van der Waals surface area contributed by atoms with Crippen LogP contribution in [0.25, 0.3) is 0 Å². The number of aryl methyl sites for hydroxylation is 1. The molecule has 0 atom stereocenters. The standard InChI is InChI=1S/C13H19BrN2Si/c1-10-11(14)9-15-12(16-10)7-8-17(5,6)13(2,3)4/h9H,1-6H3. The Morgan fingerprint density at radius 2 is 1.88 bits per heavy atom. The Balaban J connectivity index is 3.04. The van der Waals surface area contributed by atoms with Crippen LogP contribution in [0.2, 0.25) is 18.1 Å². The third-order valence-electron chi connectivity index (χ3n) is 3.28. The first kappa shape index (κ1) is 14.4. The molecule has 0 saturated heterocycles. The van der Waals surface area contributed by atoms with Crippen LogP contribution in [-0.2, 0) is 0 Å². The molecule has 1 aromatic rings. The van der Waals surface area contributed by atoms with Crippen LogP contribution in [0.4, 0.5) is 0 Å². The number of nitrogens with zero attached hydrogens (tertiary/aromatic N) is 2. The monoisotopic (exact) mass is 310 g/mol. The Morgan fingerprint density at radius 3 is 2.35 bits per heavy atom. The van der Waals surface area contributed by atoms with Crippen LogP contribution in [0, 0.1) is 18.4 Å². The van der Waals surface area contributed by atoms with Gasteiger partial charge in [0.25, 0.3) is 0 Å². The molecule has 0 aliphatic carbocycles. The zero-order chi connectivity index (χ0) is 13.3. The van der Waals surface area contributed by atoms with Crippen LogP contribution in [0.15, 0.2) is 10.7 Å². The molecular weight excluding hydrogens is 292 g/mol. The van der Waals surface area contributed by atoms with Gasteiger partial charge in [-0.2, -0.15) is 0 Å². The van der Waals surface area contributed by atoms with Gasteiger partial charge in [-0.05, 0) is 33.8 Å². The van der Waals surface area contributed by atoms with Crippen molar-refractivity contribution < 1.29 is 0 Å². The molecule has 1 aromatic heterocycles. The van der Waals surface area contributed by atoms with E-state index in [0.29, 0.717) is 5.82 Å². The second-order valence-electron chi connectivity index (χ2n) is 5.75. The average Bonchev–Trinajstić information content (AvgIpc) is 2.18. The van der Waals surface area contributed by atoms with E-state index in [9.17, 15) is 0 Å². The summed E-state index contributed by atoms with van der Waals surface area (Å²) in [6, 6.07) is 0. The van der Waals surface area contributed by atoms with E-state index in [-0.39, 0.29) is 5.04 Å². The Bertz CT molecular complexity index is 478. The van der Waals surface area contributed by atoms with Crippen LogP contribution < -0.4 is 0 Å². The van der Waals surface area contributed by atoms with E-state index in [0.717, 1.165) is 10.2 Å². The molecule has 0 saturated carbocycles. The molecule has 0 spiro atoms. The van der Waals surface area contributed by atoms with Gasteiger partial charge in [0.2, 0.25) is 5.82 Å². The summed E-state index contributed by atoms with van der Waals surface area (Å²) in [4.78, 5) is 8.56. The molecule has 0 unspecified atom stereocenters. The summed E-state index contributed by atoms with van der Waals surface area (Å²) in [5, 5.41) is 0.268. The lowest BCUT2D eigenvalue weighted by molar-refractivity contribution is 0.731. The molecule has 0 N–H and O–H groups in total. The highest BCUT2D eigenvalue weighted by molar-refractivity contribution is 9.10.